The van der Waals surface area contributed by atoms with E-state index in [0.717, 1.165) is 0 Å². The van der Waals surface area contributed by atoms with Crippen molar-refractivity contribution in [1.29, 1.82) is 0 Å². The van der Waals surface area contributed by atoms with Gasteiger partial charge < -0.3 is 4.89 Å². The zero-order valence-electron chi connectivity index (χ0n) is 2.53. The van der Waals surface area contributed by atoms with Gasteiger partial charge in [-0.05, 0) is 4.57 Å². The zero-order chi connectivity index (χ0) is 4.99. The van der Waals surface area contributed by atoms with Crippen LogP contribution in [0.5, 0.6) is 0 Å². The van der Waals surface area contributed by atoms with E-state index in [9.17, 15) is 0 Å². The summed E-state index contributed by atoms with van der Waals surface area (Å²) in [6.07, 6.45) is 0. The van der Waals surface area contributed by atoms with Gasteiger partial charge in [-0.15, -0.1) is 4.91 Å². The number of hydrogen-bond acceptors (Lipinski definition) is 5. The van der Waals surface area contributed by atoms with E-state index in [1.165, 1.54) is 0 Å². The van der Waals surface area contributed by atoms with Gasteiger partial charge in [-0.2, -0.15) is 0 Å². The van der Waals surface area contributed by atoms with Gasteiger partial charge in [0.1, 0.15) is 0 Å². The fourth-order valence-electron chi connectivity index (χ4n) is 0.0272. The fraction of sp³-hybridized carbons (Fsp3) is 0. The Morgan fingerprint density at radius 1 is 1.83 bits per heavy atom. The van der Waals surface area contributed by atoms with E-state index in [2.05, 4.69) is 4.62 Å². The lowest BCUT2D eigenvalue weighted by Crippen LogP contribution is -1.83. The molecule has 0 amide bonds. The quantitative estimate of drug-likeness (QED) is 0.277. The highest BCUT2D eigenvalue weighted by molar-refractivity contribution is 7.30. The third kappa shape index (κ3) is 3.46. The molecule has 34 valence electrons. The minimum Gasteiger partial charge on any atom is -0.557 e. The molecule has 0 radical (unpaired) electrons. The second-order valence-corrected chi connectivity index (χ2v) is 0.990. The van der Waals surface area contributed by atoms with Crippen LogP contribution in [0.1, 0.15) is 0 Å². The van der Waals surface area contributed by atoms with Crippen LogP contribution in [0, 0.1) is 4.91 Å². The maximum atomic E-state index is 9.12. The van der Waals surface area contributed by atoms with Crippen molar-refractivity contribution in [2.24, 2.45) is 5.34 Å². The molecule has 6 heavy (non-hydrogen) atoms. The molecule has 0 rings (SSSR count). The van der Waals surface area contributed by atoms with Gasteiger partial charge >= 0.3 is 8.25 Å². The van der Waals surface area contributed by atoms with E-state index < -0.39 is 8.25 Å². The molecule has 0 bridgehead atoms. The highest BCUT2D eigenvalue weighted by atomic mass is 31.1. The summed E-state index contributed by atoms with van der Waals surface area (Å²) in [6, 6.07) is 0. The fourth-order valence-corrected chi connectivity index (χ4v) is 0.0816. The van der Waals surface area contributed by atoms with Gasteiger partial charge in [-0.3, -0.25) is 0 Å². The Morgan fingerprint density at radius 3 is 2.33 bits per heavy atom. The number of nitrogens with zero attached hydrogens (tertiary/aromatic N) is 1. The zero-order valence-corrected chi connectivity index (χ0v) is 3.42. The highest BCUT2D eigenvalue weighted by Crippen LogP contribution is 2.06. The van der Waals surface area contributed by atoms with Crippen LogP contribution in [0.4, 0.5) is 0 Å². The van der Waals surface area contributed by atoms with Crippen LogP contribution < -0.4 is 4.89 Å². The molecule has 0 fully saturated rings. The minimum absolute atomic E-state index is 1.59. The standard InChI is InChI=1S/NO4P/c2-1-5-6(3)4. The van der Waals surface area contributed by atoms with Gasteiger partial charge in [0, 0.05) is 0 Å². The monoisotopic (exact) mass is 109 g/mol. The van der Waals surface area contributed by atoms with E-state index in [1.54, 1.807) is 5.34 Å². The molecule has 0 heterocycles. The van der Waals surface area contributed by atoms with Crippen LogP contribution in [-0.4, -0.2) is 0 Å². The summed E-state index contributed by atoms with van der Waals surface area (Å²) in [6.45, 7) is 0. The summed E-state index contributed by atoms with van der Waals surface area (Å²) in [5, 5.41) is 1.59. The molecule has 0 saturated carbocycles. The van der Waals surface area contributed by atoms with Gasteiger partial charge in [0.25, 0.3) is 0 Å². The second-order valence-electron chi connectivity index (χ2n) is 0.380. The lowest BCUT2D eigenvalue weighted by atomic mass is 13.4. The molecule has 0 spiro atoms. The van der Waals surface area contributed by atoms with Crippen LogP contribution in [-0.2, 0) is 9.19 Å². The average molecular weight is 109 g/mol. The first-order chi connectivity index (χ1) is 2.77. The molecule has 6 heteroatoms. The van der Waals surface area contributed by atoms with Crippen molar-refractivity contribution in [2.45, 2.75) is 0 Å². The SMILES string of the molecule is O=NO[P+](=O)[O-]. The lowest BCUT2D eigenvalue weighted by Gasteiger charge is -1.68. The van der Waals surface area contributed by atoms with Crippen molar-refractivity contribution in [3.05, 3.63) is 4.91 Å². The first-order valence-electron chi connectivity index (χ1n) is 0.913. The topological polar surface area (TPSA) is 78.8 Å². The summed E-state index contributed by atoms with van der Waals surface area (Å²) in [7, 11) is -3.08. The number of rotatable bonds is 2. The smallest absolute Gasteiger partial charge is 0.557 e. The molecule has 0 N–H and O–H groups in total. The maximum Gasteiger partial charge on any atom is 0.571 e. The third-order valence-electron chi connectivity index (χ3n) is 0.100. The predicted molar refractivity (Wildman–Crippen MR) is 14.5 cm³/mol. The summed E-state index contributed by atoms with van der Waals surface area (Å²) in [4.78, 5) is 17.9. The van der Waals surface area contributed by atoms with Crippen molar-refractivity contribution >= 4 is 8.25 Å². The first kappa shape index (κ1) is 5.46. The van der Waals surface area contributed by atoms with Gasteiger partial charge in [0.15, 0.2) is 0 Å². The van der Waals surface area contributed by atoms with Gasteiger partial charge in [-0.25, -0.2) is 0 Å². The van der Waals surface area contributed by atoms with Crippen LogP contribution in [0.3, 0.4) is 0 Å². The highest BCUT2D eigenvalue weighted by Gasteiger charge is 1.95. The molecule has 5 nitrogen and oxygen atoms in total. The Kier molecular flexibility index (Phi) is 2.44. The molecule has 1 atom stereocenters. The van der Waals surface area contributed by atoms with Gasteiger partial charge in [0.05, 0.1) is 0 Å². The van der Waals surface area contributed by atoms with Crippen LogP contribution in [0.2, 0.25) is 0 Å². The minimum atomic E-state index is -3.08. The molecular formula is NO4P. The van der Waals surface area contributed by atoms with Gasteiger partial charge in [0.2, 0.25) is 5.34 Å². The largest absolute Gasteiger partial charge is 0.571 e. The molecule has 0 aromatic rings. The van der Waals surface area contributed by atoms with Crippen molar-refractivity contribution in [3.8, 4) is 0 Å². The van der Waals surface area contributed by atoms with Crippen LogP contribution in [0.25, 0.3) is 0 Å². The lowest BCUT2D eigenvalue weighted by molar-refractivity contribution is -0.185. The van der Waals surface area contributed by atoms with Crippen LogP contribution in [0.15, 0.2) is 5.34 Å². The molecule has 0 saturated heterocycles. The Balaban J connectivity index is 3.05. The molecule has 0 aliphatic heterocycles. The molecule has 0 aliphatic rings. The van der Waals surface area contributed by atoms with E-state index in [4.69, 9.17) is 14.4 Å². The van der Waals surface area contributed by atoms with Crippen molar-refractivity contribution in [2.75, 3.05) is 0 Å². The van der Waals surface area contributed by atoms with E-state index in [1.807, 2.05) is 0 Å². The Morgan fingerprint density at radius 2 is 2.33 bits per heavy atom. The molecule has 0 aromatic carbocycles. The summed E-state index contributed by atoms with van der Waals surface area (Å²) in [5.74, 6) is 0. The van der Waals surface area contributed by atoms with Crippen molar-refractivity contribution in [1.82, 2.24) is 0 Å². The second kappa shape index (κ2) is 2.68. The molecule has 1 unspecified atom stereocenters. The summed E-state index contributed by atoms with van der Waals surface area (Å²) >= 11 is 0. The molecular weight excluding hydrogens is 109 g/mol. The van der Waals surface area contributed by atoms with E-state index >= 15 is 0 Å². The summed E-state index contributed by atoms with van der Waals surface area (Å²) in [5.41, 5.74) is 0. The third-order valence-corrected chi connectivity index (χ3v) is 0.300. The Hall–Kier alpha value is -0.540. The van der Waals surface area contributed by atoms with Crippen LogP contribution >= 0.6 is 8.25 Å². The Labute approximate surface area is 33.8 Å². The maximum absolute atomic E-state index is 9.12. The molecule has 0 aliphatic carbocycles. The predicted octanol–water partition coefficient (Wildman–Crippen LogP) is -0.298. The normalized spacial score (nSPS) is 9.83. The number of hydrogen-bond donors (Lipinski definition) is 0. The van der Waals surface area contributed by atoms with E-state index in [0.29, 0.717) is 0 Å². The van der Waals surface area contributed by atoms with Crippen molar-refractivity contribution in [3.63, 3.8) is 0 Å². The van der Waals surface area contributed by atoms with Crippen molar-refractivity contribution < 1.29 is 14.1 Å². The molecule has 0 aromatic heterocycles. The average Bonchev–Trinajstić information content (AvgIpc) is 1.35. The first-order valence-corrected chi connectivity index (χ1v) is 2.01. The summed E-state index contributed by atoms with van der Waals surface area (Å²) < 4.78 is 12.2. The Bertz CT molecular complexity index is 67.9. The van der Waals surface area contributed by atoms with E-state index in [-0.39, 0.29) is 0 Å². The van der Waals surface area contributed by atoms with Gasteiger partial charge in [-0.1, -0.05) is 4.62 Å².